The summed E-state index contributed by atoms with van der Waals surface area (Å²) < 4.78 is 12.9. The number of anilines is 1. The average Bonchev–Trinajstić information content (AvgIpc) is 2.09. The summed E-state index contributed by atoms with van der Waals surface area (Å²) >= 11 is 0. The topological polar surface area (TPSA) is 55.1 Å². The van der Waals surface area contributed by atoms with Crippen molar-refractivity contribution in [1.29, 1.82) is 0 Å². The summed E-state index contributed by atoms with van der Waals surface area (Å²) in [7, 11) is 0. The van der Waals surface area contributed by atoms with E-state index >= 15 is 0 Å². The predicted molar refractivity (Wildman–Crippen MR) is 48.7 cm³/mol. The van der Waals surface area contributed by atoms with Crippen molar-refractivity contribution in [1.82, 2.24) is 0 Å². The van der Waals surface area contributed by atoms with Gasteiger partial charge in [0.2, 0.25) is 5.91 Å². The molecule has 1 rings (SSSR count). The number of para-hydroxylation sites is 1. The molecular weight excluding hydrogens is 171 g/mol. The van der Waals surface area contributed by atoms with E-state index in [2.05, 4.69) is 5.32 Å². The predicted octanol–water partition coefficient (Wildman–Crippen LogP) is 1.11. The maximum Gasteiger partial charge on any atom is 0.225 e. The lowest BCUT2D eigenvalue weighted by Crippen LogP contribution is -2.16. The number of nitrogens with two attached hydrogens (primary N) is 1. The summed E-state index contributed by atoms with van der Waals surface area (Å²) in [5.41, 5.74) is 5.36. The largest absolute Gasteiger partial charge is 0.330 e. The Kier molecular flexibility index (Phi) is 3.40. The minimum absolute atomic E-state index is 0.195. The van der Waals surface area contributed by atoms with Crippen molar-refractivity contribution in [3.63, 3.8) is 0 Å². The fraction of sp³-hybridized carbons (Fsp3) is 0.222. The van der Waals surface area contributed by atoms with Crippen LogP contribution in [0.4, 0.5) is 10.1 Å². The molecule has 0 radical (unpaired) electrons. The van der Waals surface area contributed by atoms with E-state index in [0.29, 0.717) is 0 Å². The third-order valence-electron chi connectivity index (χ3n) is 1.52. The van der Waals surface area contributed by atoms with E-state index in [1.54, 1.807) is 12.1 Å². The lowest BCUT2D eigenvalue weighted by atomic mass is 10.3. The quantitative estimate of drug-likeness (QED) is 0.735. The van der Waals surface area contributed by atoms with Crippen LogP contribution in [0.25, 0.3) is 0 Å². The highest BCUT2D eigenvalue weighted by Crippen LogP contribution is 2.12. The number of rotatable bonds is 3. The summed E-state index contributed by atoms with van der Waals surface area (Å²) in [6, 6.07) is 6.01. The second kappa shape index (κ2) is 4.57. The fourth-order valence-electron chi connectivity index (χ4n) is 0.906. The maximum atomic E-state index is 12.9. The monoisotopic (exact) mass is 182 g/mol. The zero-order valence-corrected chi connectivity index (χ0v) is 7.09. The first-order valence-electron chi connectivity index (χ1n) is 3.98. The van der Waals surface area contributed by atoms with Crippen molar-refractivity contribution >= 4 is 11.6 Å². The molecule has 70 valence electrons. The molecule has 0 saturated carbocycles. The number of carbonyl (C=O) groups excluding carboxylic acids is 1. The van der Waals surface area contributed by atoms with Crippen LogP contribution in [0.3, 0.4) is 0 Å². The second-order valence-corrected chi connectivity index (χ2v) is 2.57. The van der Waals surface area contributed by atoms with Crippen LogP contribution in [0.2, 0.25) is 0 Å². The summed E-state index contributed by atoms with van der Waals surface area (Å²) in [5.74, 6) is -0.708. The minimum Gasteiger partial charge on any atom is -0.330 e. The molecule has 0 heterocycles. The zero-order valence-electron chi connectivity index (χ0n) is 7.09. The maximum absolute atomic E-state index is 12.9. The van der Waals surface area contributed by atoms with Gasteiger partial charge in [-0.25, -0.2) is 4.39 Å². The third kappa shape index (κ3) is 2.83. The molecule has 0 saturated heterocycles. The summed E-state index contributed by atoms with van der Waals surface area (Å²) in [6.07, 6.45) is 0.203. The molecule has 0 bridgehead atoms. The molecule has 1 amide bonds. The van der Waals surface area contributed by atoms with Gasteiger partial charge in [-0.05, 0) is 12.1 Å². The minimum atomic E-state index is -0.437. The molecule has 0 atom stereocenters. The first-order valence-corrected chi connectivity index (χ1v) is 3.98. The van der Waals surface area contributed by atoms with Crippen molar-refractivity contribution in [2.24, 2.45) is 5.73 Å². The van der Waals surface area contributed by atoms with Gasteiger partial charge in [0.05, 0.1) is 5.69 Å². The molecule has 13 heavy (non-hydrogen) atoms. The molecule has 0 aliphatic rings. The van der Waals surface area contributed by atoms with E-state index in [9.17, 15) is 9.18 Å². The Hall–Kier alpha value is -1.42. The highest BCUT2D eigenvalue weighted by molar-refractivity contribution is 5.90. The summed E-state index contributed by atoms with van der Waals surface area (Å²) in [4.78, 5) is 11.0. The molecule has 3 nitrogen and oxygen atoms in total. The second-order valence-electron chi connectivity index (χ2n) is 2.57. The smallest absolute Gasteiger partial charge is 0.225 e. The Morgan fingerprint density at radius 2 is 2.15 bits per heavy atom. The van der Waals surface area contributed by atoms with Gasteiger partial charge < -0.3 is 11.1 Å². The van der Waals surface area contributed by atoms with Crippen molar-refractivity contribution < 1.29 is 9.18 Å². The lowest BCUT2D eigenvalue weighted by molar-refractivity contribution is -0.116. The molecule has 0 unspecified atom stereocenters. The summed E-state index contributed by atoms with van der Waals surface area (Å²) in [5, 5.41) is 2.42. The van der Waals surface area contributed by atoms with Gasteiger partial charge in [0.1, 0.15) is 5.82 Å². The number of benzene rings is 1. The number of hydrogen-bond acceptors (Lipinski definition) is 2. The standard InChI is InChI=1S/C9H11FN2O/c10-7-3-1-2-4-8(7)12-9(13)5-6-11/h1-4H,5-6,11H2,(H,12,13). The number of carbonyl (C=O) groups is 1. The number of nitrogens with one attached hydrogen (secondary N) is 1. The fourth-order valence-corrected chi connectivity index (χ4v) is 0.906. The molecule has 0 aliphatic heterocycles. The molecule has 1 aromatic rings. The summed E-state index contributed by atoms with van der Waals surface area (Å²) in [6.45, 7) is 0.264. The molecule has 0 fully saturated rings. The van der Waals surface area contributed by atoms with Crippen LogP contribution in [0.15, 0.2) is 24.3 Å². The Labute approximate surface area is 75.7 Å². The average molecular weight is 182 g/mol. The van der Waals surface area contributed by atoms with E-state index in [4.69, 9.17) is 5.73 Å². The van der Waals surface area contributed by atoms with Gasteiger partial charge in [-0.3, -0.25) is 4.79 Å². The van der Waals surface area contributed by atoms with E-state index in [-0.39, 0.29) is 24.6 Å². The third-order valence-corrected chi connectivity index (χ3v) is 1.52. The molecule has 3 N–H and O–H groups in total. The Balaban J connectivity index is 2.63. The van der Waals surface area contributed by atoms with Crippen LogP contribution in [0, 0.1) is 5.82 Å². The number of hydrogen-bond donors (Lipinski definition) is 2. The Bertz CT molecular complexity index is 301. The van der Waals surface area contributed by atoms with E-state index < -0.39 is 5.82 Å². The zero-order chi connectivity index (χ0) is 9.68. The van der Waals surface area contributed by atoms with Crippen LogP contribution < -0.4 is 11.1 Å². The van der Waals surface area contributed by atoms with E-state index in [0.717, 1.165) is 0 Å². The molecule has 1 aromatic carbocycles. The van der Waals surface area contributed by atoms with Crippen molar-refractivity contribution in [3.8, 4) is 0 Å². The van der Waals surface area contributed by atoms with Crippen molar-refractivity contribution in [2.75, 3.05) is 11.9 Å². The first-order chi connectivity index (χ1) is 6.24. The van der Waals surface area contributed by atoms with Crippen LogP contribution in [0.5, 0.6) is 0 Å². The number of halogens is 1. The Morgan fingerprint density at radius 1 is 1.46 bits per heavy atom. The highest BCUT2D eigenvalue weighted by Gasteiger charge is 2.03. The van der Waals surface area contributed by atoms with Crippen LogP contribution in [0.1, 0.15) is 6.42 Å². The molecule has 0 spiro atoms. The van der Waals surface area contributed by atoms with E-state index in [1.807, 2.05) is 0 Å². The Morgan fingerprint density at radius 3 is 2.77 bits per heavy atom. The molecular formula is C9H11FN2O. The molecule has 0 aromatic heterocycles. The van der Waals surface area contributed by atoms with Gasteiger partial charge in [0, 0.05) is 13.0 Å². The van der Waals surface area contributed by atoms with Gasteiger partial charge in [0.25, 0.3) is 0 Å². The van der Waals surface area contributed by atoms with Gasteiger partial charge >= 0.3 is 0 Å². The first kappa shape index (κ1) is 9.67. The van der Waals surface area contributed by atoms with Gasteiger partial charge in [-0.15, -0.1) is 0 Å². The van der Waals surface area contributed by atoms with E-state index in [1.165, 1.54) is 12.1 Å². The van der Waals surface area contributed by atoms with Crippen molar-refractivity contribution in [2.45, 2.75) is 6.42 Å². The highest BCUT2D eigenvalue weighted by atomic mass is 19.1. The van der Waals surface area contributed by atoms with Gasteiger partial charge in [0.15, 0.2) is 0 Å². The SMILES string of the molecule is NCCC(=O)Nc1ccccc1F. The van der Waals surface area contributed by atoms with Crippen LogP contribution in [-0.4, -0.2) is 12.5 Å². The van der Waals surface area contributed by atoms with Crippen LogP contribution in [-0.2, 0) is 4.79 Å². The molecule has 0 aliphatic carbocycles. The van der Waals surface area contributed by atoms with Gasteiger partial charge in [-0.2, -0.15) is 0 Å². The van der Waals surface area contributed by atoms with Crippen molar-refractivity contribution in [3.05, 3.63) is 30.1 Å². The normalized spacial score (nSPS) is 9.69. The molecule has 4 heteroatoms. The lowest BCUT2D eigenvalue weighted by Gasteiger charge is -2.04. The van der Waals surface area contributed by atoms with Crippen LogP contribution >= 0.6 is 0 Å². The number of amides is 1. The van der Waals surface area contributed by atoms with Gasteiger partial charge in [-0.1, -0.05) is 12.1 Å².